The Hall–Kier alpha value is -0.850. The number of methoxy groups -OCH3 is 1. The highest BCUT2D eigenvalue weighted by molar-refractivity contribution is 5.79. The quantitative estimate of drug-likeness (QED) is 0.386. The summed E-state index contributed by atoms with van der Waals surface area (Å²) >= 11 is 0. The van der Waals surface area contributed by atoms with E-state index in [9.17, 15) is 0 Å². The minimum absolute atomic E-state index is 0.488. The van der Waals surface area contributed by atoms with E-state index >= 15 is 0 Å². The van der Waals surface area contributed by atoms with Crippen LogP contribution in [0.5, 0.6) is 0 Å². The Morgan fingerprint density at radius 3 is 2.55 bits per heavy atom. The number of hydrogen-bond acceptors (Lipinski definition) is 4. The number of nitrogens with one attached hydrogen (secondary N) is 2. The van der Waals surface area contributed by atoms with Crippen molar-refractivity contribution in [2.75, 3.05) is 66.6 Å². The summed E-state index contributed by atoms with van der Waals surface area (Å²) in [6.45, 7) is 12.1. The van der Waals surface area contributed by atoms with Crippen molar-refractivity contribution in [2.24, 2.45) is 4.99 Å². The van der Waals surface area contributed by atoms with Crippen molar-refractivity contribution in [1.82, 2.24) is 20.4 Å². The van der Waals surface area contributed by atoms with E-state index in [-0.39, 0.29) is 0 Å². The van der Waals surface area contributed by atoms with Gasteiger partial charge in [0.25, 0.3) is 0 Å². The summed E-state index contributed by atoms with van der Waals surface area (Å²) in [7, 11) is 3.89. The fourth-order valence-corrected chi connectivity index (χ4v) is 2.21. The molecule has 1 aliphatic heterocycles. The molecule has 2 N–H and O–H groups in total. The molecule has 0 amide bonds. The standard InChI is InChI=1S/C14H31N5O/c1-5-15-14(16-6-11-20-4)17-12-13(2)19-9-7-18(3)8-10-19/h13H,5-12H2,1-4H3,(H2,15,16,17). The maximum Gasteiger partial charge on any atom is 0.191 e. The molecule has 6 nitrogen and oxygen atoms in total. The van der Waals surface area contributed by atoms with Crippen LogP contribution in [0.1, 0.15) is 13.8 Å². The van der Waals surface area contributed by atoms with Crippen molar-refractivity contribution in [2.45, 2.75) is 19.9 Å². The van der Waals surface area contributed by atoms with Crippen molar-refractivity contribution in [3.63, 3.8) is 0 Å². The van der Waals surface area contributed by atoms with E-state index in [0.717, 1.165) is 51.8 Å². The van der Waals surface area contributed by atoms with E-state index in [1.165, 1.54) is 0 Å². The fraction of sp³-hybridized carbons (Fsp3) is 0.929. The smallest absolute Gasteiger partial charge is 0.191 e. The molecule has 0 aromatic heterocycles. The number of guanidine groups is 1. The summed E-state index contributed by atoms with van der Waals surface area (Å²) in [6, 6.07) is 0.488. The largest absolute Gasteiger partial charge is 0.383 e. The Morgan fingerprint density at radius 2 is 1.95 bits per heavy atom. The topological polar surface area (TPSA) is 52.1 Å². The van der Waals surface area contributed by atoms with Gasteiger partial charge in [0, 0.05) is 52.4 Å². The fourth-order valence-electron chi connectivity index (χ4n) is 2.21. The average molecular weight is 285 g/mol. The summed E-state index contributed by atoms with van der Waals surface area (Å²) in [4.78, 5) is 9.56. The molecule has 0 bridgehead atoms. The molecule has 0 aliphatic carbocycles. The number of aliphatic imine (C=N–C) groups is 1. The van der Waals surface area contributed by atoms with Crippen molar-refractivity contribution in [3.05, 3.63) is 0 Å². The molecule has 0 spiro atoms. The van der Waals surface area contributed by atoms with Gasteiger partial charge in [0.15, 0.2) is 5.96 Å². The van der Waals surface area contributed by atoms with E-state index in [1.54, 1.807) is 7.11 Å². The molecule has 1 rings (SSSR count). The predicted molar refractivity (Wildman–Crippen MR) is 84.4 cm³/mol. The molecule has 1 atom stereocenters. The molecular weight excluding hydrogens is 254 g/mol. The monoisotopic (exact) mass is 285 g/mol. The van der Waals surface area contributed by atoms with Gasteiger partial charge in [-0.25, -0.2) is 0 Å². The number of rotatable bonds is 7. The molecule has 0 aromatic rings. The second kappa shape index (κ2) is 9.96. The summed E-state index contributed by atoms with van der Waals surface area (Å²) in [5.74, 6) is 0.880. The third-order valence-electron chi connectivity index (χ3n) is 3.62. The maximum atomic E-state index is 5.04. The number of piperazine rings is 1. The van der Waals surface area contributed by atoms with Gasteiger partial charge < -0.3 is 20.3 Å². The van der Waals surface area contributed by atoms with Crippen molar-refractivity contribution in [1.29, 1.82) is 0 Å². The number of hydrogen-bond donors (Lipinski definition) is 2. The lowest BCUT2D eigenvalue weighted by Gasteiger charge is -2.35. The Morgan fingerprint density at radius 1 is 1.25 bits per heavy atom. The van der Waals surface area contributed by atoms with Crippen LogP contribution < -0.4 is 10.6 Å². The number of likely N-dealkylation sites (N-methyl/N-ethyl adjacent to an activating group) is 1. The number of ether oxygens (including phenoxy) is 1. The van der Waals surface area contributed by atoms with Crippen LogP contribution >= 0.6 is 0 Å². The highest BCUT2D eigenvalue weighted by Crippen LogP contribution is 2.05. The summed E-state index contributed by atoms with van der Waals surface area (Å²) < 4.78 is 5.04. The van der Waals surface area contributed by atoms with Gasteiger partial charge >= 0.3 is 0 Å². The second-order valence-electron chi connectivity index (χ2n) is 5.33. The van der Waals surface area contributed by atoms with Gasteiger partial charge in [0.2, 0.25) is 0 Å². The molecule has 118 valence electrons. The van der Waals surface area contributed by atoms with E-state index in [2.05, 4.69) is 46.3 Å². The third-order valence-corrected chi connectivity index (χ3v) is 3.62. The summed E-state index contributed by atoms with van der Waals surface area (Å²) in [6.07, 6.45) is 0. The van der Waals surface area contributed by atoms with Gasteiger partial charge in [-0.05, 0) is 20.9 Å². The van der Waals surface area contributed by atoms with Gasteiger partial charge in [0.1, 0.15) is 0 Å². The van der Waals surface area contributed by atoms with Crippen LogP contribution in [0.4, 0.5) is 0 Å². The lowest BCUT2D eigenvalue weighted by Crippen LogP contribution is -2.49. The van der Waals surface area contributed by atoms with Crippen LogP contribution in [0.25, 0.3) is 0 Å². The van der Waals surface area contributed by atoms with Crippen molar-refractivity contribution >= 4 is 5.96 Å². The van der Waals surface area contributed by atoms with E-state index < -0.39 is 0 Å². The number of nitrogens with zero attached hydrogens (tertiary/aromatic N) is 3. The minimum atomic E-state index is 0.488. The van der Waals surface area contributed by atoms with E-state index in [0.29, 0.717) is 12.6 Å². The molecule has 0 saturated carbocycles. The van der Waals surface area contributed by atoms with Crippen LogP contribution in [0.3, 0.4) is 0 Å². The molecule has 1 fully saturated rings. The Bertz CT molecular complexity index is 277. The van der Waals surface area contributed by atoms with Gasteiger partial charge in [-0.15, -0.1) is 0 Å². The molecule has 1 unspecified atom stereocenters. The predicted octanol–water partition coefficient (Wildman–Crippen LogP) is -0.176. The maximum absolute atomic E-state index is 5.04. The average Bonchev–Trinajstić information content (AvgIpc) is 2.45. The molecule has 1 saturated heterocycles. The first-order valence-electron chi connectivity index (χ1n) is 7.61. The van der Waals surface area contributed by atoms with Gasteiger partial charge in [-0.1, -0.05) is 0 Å². The second-order valence-corrected chi connectivity index (χ2v) is 5.33. The van der Waals surface area contributed by atoms with E-state index in [1.807, 2.05) is 0 Å². The van der Waals surface area contributed by atoms with Crippen molar-refractivity contribution < 1.29 is 4.74 Å². The Kier molecular flexibility index (Phi) is 8.57. The molecule has 0 aromatic carbocycles. The first-order chi connectivity index (χ1) is 9.67. The molecule has 0 radical (unpaired) electrons. The van der Waals surface area contributed by atoms with Crippen LogP contribution in [0.15, 0.2) is 4.99 Å². The van der Waals surface area contributed by atoms with Gasteiger partial charge in [-0.3, -0.25) is 9.89 Å². The molecule has 1 heterocycles. The van der Waals surface area contributed by atoms with Crippen LogP contribution in [0, 0.1) is 0 Å². The Balaban J connectivity index is 2.36. The van der Waals surface area contributed by atoms with Crippen LogP contribution in [-0.2, 0) is 4.74 Å². The zero-order chi connectivity index (χ0) is 14.8. The highest BCUT2D eigenvalue weighted by Gasteiger charge is 2.18. The zero-order valence-corrected chi connectivity index (χ0v) is 13.5. The first-order valence-corrected chi connectivity index (χ1v) is 7.61. The third kappa shape index (κ3) is 6.54. The Labute approximate surface area is 123 Å². The summed E-state index contributed by atoms with van der Waals surface area (Å²) in [5.41, 5.74) is 0. The highest BCUT2D eigenvalue weighted by atomic mass is 16.5. The first kappa shape index (κ1) is 17.2. The van der Waals surface area contributed by atoms with Crippen LogP contribution in [-0.4, -0.2) is 88.4 Å². The van der Waals surface area contributed by atoms with Crippen molar-refractivity contribution in [3.8, 4) is 0 Å². The van der Waals surface area contributed by atoms with Gasteiger partial charge in [0.05, 0.1) is 13.2 Å². The lowest BCUT2D eigenvalue weighted by atomic mass is 10.2. The van der Waals surface area contributed by atoms with Crippen LogP contribution in [0.2, 0.25) is 0 Å². The molecule has 6 heteroatoms. The lowest BCUT2D eigenvalue weighted by molar-refractivity contribution is 0.122. The van der Waals surface area contributed by atoms with E-state index in [4.69, 9.17) is 4.74 Å². The normalized spacial score (nSPS) is 19.9. The SMILES string of the molecule is CCNC(=NCC(C)N1CCN(C)CC1)NCCOC. The molecular formula is C14H31N5O. The minimum Gasteiger partial charge on any atom is -0.383 e. The van der Waals surface area contributed by atoms with Gasteiger partial charge in [-0.2, -0.15) is 0 Å². The zero-order valence-electron chi connectivity index (χ0n) is 13.5. The summed E-state index contributed by atoms with van der Waals surface area (Å²) in [5, 5.41) is 6.54. The molecule has 20 heavy (non-hydrogen) atoms. The molecule has 1 aliphatic rings.